The SMILES string of the molecule is N#Cc1c(F)cccc1OCC(=O)N1CCCCC1. The molecular formula is C14H15FN2O2. The lowest BCUT2D eigenvalue weighted by Crippen LogP contribution is -2.38. The van der Waals surface area contributed by atoms with Crippen LogP contribution >= 0.6 is 0 Å². The predicted molar refractivity (Wildman–Crippen MR) is 67.0 cm³/mol. The normalized spacial score (nSPS) is 14.8. The van der Waals surface area contributed by atoms with E-state index in [2.05, 4.69) is 0 Å². The molecule has 0 atom stereocenters. The van der Waals surface area contributed by atoms with Crippen molar-refractivity contribution in [3.05, 3.63) is 29.6 Å². The number of carbonyl (C=O) groups is 1. The van der Waals surface area contributed by atoms with E-state index in [4.69, 9.17) is 10.00 Å². The van der Waals surface area contributed by atoms with Crippen molar-refractivity contribution in [2.75, 3.05) is 19.7 Å². The summed E-state index contributed by atoms with van der Waals surface area (Å²) in [5.41, 5.74) is -0.158. The van der Waals surface area contributed by atoms with Crippen LogP contribution in [0.2, 0.25) is 0 Å². The third kappa shape index (κ3) is 3.22. The fourth-order valence-electron chi connectivity index (χ4n) is 2.11. The molecule has 2 rings (SSSR count). The Morgan fingerprint density at radius 2 is 2.11 bits per heavy atom. The van der Waals surface area contributed by atoms with Gasteiger partial charge in [0.05, 0.1) is 0 Å². The molecule has 1 fully saturated rings. The monoisotopic (exact) mass is 262 g/mol. The first-order valence-corrected chi connectivity index (χ1v) is 6.31. The van der Waals surface area contributed by atoms with Gasteiger partial charge in [-0.2, -0.15) is 5.26 Å². The molecule has 1 aromatic carbocycles. The van der Waals surface area contributed by atoms with Crippen LogP contribution in [0.25, 0.3) is 0 Å². The number of ether oxygens (including phenoxy) is 1. The van der Waals surface area contributed by atoms with Crippen molar-refractivity contribution in [2.24, 2.45) is 0 Å². The summed E-state index contributed by atoms with van der Waals surface area (Å²) >= 11 is 0. The molecule has 0 spiro atoms. The van der Waals surface area contributed by atoms with E-state index in [0.29, 0.717) is 0 Å². The van der Waals surface area contributed by atoms with Crippen molar-refractivity contribution in [1.82, 2.24) is 4.90 Å². The maximum absolute atomic E-state index is 13.3. The molecule has 1 aliphatic rings. The van der Waals surface area contributed by atoms with Crippen molar-refractivity contribution in [3.63, 3.8) is 0 Å². The third-order valence-electron chi connectivity index (χ3n) is 3.15. The first-order chi connectivity index (χ1) is 9.22. The highest BCUT2D eigenvalue weighted by Crippen LogP contribution is 2.20. The lowest BCUT2D eigenvalue weighted by molar-refractivity contribution is -0.134. The maximum Gasteiger partial charge on any atom is 0.260 e. The third-order valence-corrected chi connectivity index (χ3v) is 3.15. The first kappa shape index (κ1) is 13.3. The van der Waals surface area contributed by atoms with Gasteiger partial charge in [-0.1, -0.05) is 6.07 Å². The van der Waals surface area contributed by atoms with Gasteiger partial charge in [-0.15, -0.1) is 0 Å². The first-order valence-electron chi connectivity index (χ1n) is 6.31. The highest BCUT2D eigenvalue weighted by atomic mass is 19.1. The van der Waals surface area contributed by atoms with E-state index in [1.807, 2.05) is 0 Å². The van der Waals surface area contributed by atoms with E-state index in [1.165, 1.54) is 18.2 Å². The number of hydrogen-bond acceptors (Lipinski definition) is 3. The summed E-state index contributed by atoms with van der Waals surface area (Å²) in [7, 11) is 0. The zero-order valence-corrected chi connectivity index (χ0v) is 10.6. The summed E-state index contributed by atoms with van der Waals surface area (Å²) in [6.45, 7) is 1.34. The van der Waals surface area contributed by atoms with E-state index in [1.54, 1.807) is 11.0 Å². The second kappa shape index (κ2) is 6.19. The standard InChI is InChI=1S/C14H15FN2O2/c15-12-5-4-6-13(11(12)9-16)19-10-14(18)17-7-2-1-3-8-17/h4-6H,1-3,7-8,10H2. The Labute approximate surface area is 111 Å². The van der Waals surface area contributed by atoms with Crippen molar-refractivity contribution in [3.8, 4) is 11.8 Å². The Balaban J connectivity index is 1.97. The molecular weight excluding hydrogens is 247 g/mol. The van der Waals surface area contributed by atoms with E-state index in [9.17, 15) is 9.18 Å². The Hall–Kier alpha value is -2.09. The number of likely N-dealkylation sites (tertiary alicyclic amines) is 1. The molecule has 0 saturated carbocycles. The van der Waals surface area contributed by atoms with Crippen LogP contribution in [0.5, 0.6) is 5.75 Å². The number of benzene rings is 1. The van der Waals surface area contributed by atoms with Crippen LogP contribution in [0, 0.1) is 17.1 Å². The molecule has 19 heavy (non-hydrogen) atoms. The van der Waals surface area contributed by atoms with Crippen LogP contribution in [0.4, 0.5) is 4.39 Å². The zero-order chi connectivity index (χ0) is 13.7. The molecule has 0 radical (unpaired) electrons. The van der Waals surface area contributed by atoms with E-state index in [-0.39, 0.29) is 23.8 Å². The maximum atomic E-state index is 13.3. The van der Waals surface area contributed by atoms with Crippen LogP contribution in [0.3, 0.4) is 0 Å². The van der Waals surface area contributed by atoms with Crippen LogP contribution in [-0.4, -0.2) is 30.5 Å². The number of piperidine rings is 1. The van der Waals surface area contributed by atoms with Crippen molar-refractivity contribution < 1.29 is 13.9 Å². The summed E-state index contributed by atoms with van der Waals surface area (Å²) in [6, 6.07) is 5.88. The van der Waals surface area contributed by atoms with E-state index < -0.39 is 5.82 Å². The van der Waals surface area contributed by atoms with Gasteiger partial charge >= 0.3 is 0 Å². The summed E-state index contributed by atoms with van der Waals surface area (Å²) in [5.74, 6) is -0.633. The van der Waals surface area contributed by atoms with Gasteiger partial charge in [-0.05, 0) is 31.4 Å². The fourth-order valence-corrected chi connectivity index (χ4v) is 2.11. The predicted octanol–water partition coefficient (Wildman–Crippen LogP) is 2.09. The van der Waals surface area contributed by atoms with Crippen LogP contribution < -0.4 is 4.74 Å². The van der Waals surface area contributed by atoms with Gasteiger partial charge in [-0.25, -0.2) is 4.39 Å². The molecule has 1 amide bonds. The van der Waals surface area contributed by atoms with Crippen LogP contribution in [-0.2, 0) is 4.79 Å². The van der Waals surface area contributed by atoms with Gasteiger partial charge in [0.2, 0.25) is 0 Å². The fraction of sp³-hybridized carbons (Fsp3) is 0.429. The molecule has 1 aliphatic heterocycles. The van der Waals surface area contributed by atoms with E-state index in [0.717, 1.165) is 32.4 Å². The Morgan fingerprint density at radius 1 is 1.37 bits per heavy atom. The van der Waals surface area contributed by atoms with Crippen molar-refractivity contribution in [1.29, 1.82) is 5.26 Å². The molecule has 0 unspecified atom stereocenters. The van der Waals surface area contributed by atoms with Crippen molar-refractivity contribution >= 4 is 5.91 Å². The number of nitrogens with zero attached hydrogens (tertiary/aromatic N) is 2. The molecule has 1 saturated heterocycles. The minimum Gasteiger partial charge on any atom is -0.482 e. The molecule has 1 aromatic rings. The lowest BCUT2D eigenvalue weighted by Gasteiger charge is -2.26. The smallest absolute Gasteiger partial charge is 0.260 e. The minimum atomic E-state index is -0.634. The number of hydrogen-bond donors (Lipinski definition) is 0. The Bertz CT molecular complexity index is 505. The highest BCUT2D eigenvalue weighted by molar-refractivity contribution is 5.77. The quantitative estimate of drug-likeness (QED) is 0.838. The minimum absolute atomic E-state index is 0.118. The number of nitriles is 1. The summed E-state index contributed by atoms with van der Waals surface area (Å²) < 4.78 is 18.6. The highest BCUT2D eigenvalue weighted by Gasteiger charge is 2.18. The molecule has 0 N–H and O–H groups in total. The Kier molecular flexibility index (Phi) is 4.35. The average Bonchev–Trinajstić information content (AvgIpc) is 2.45. The van der Waals surface area contributed by atoms with Crippen molar-refractivity contribution in [2.45, 2.75) is 19.3 Å². The lowest BCUT2D eigenvalue weighted by atomic mass is 10.1. The van der Waals surface area contributed by atoms with Gasteiger partial charge in [-0.3, -0.25) is 4.79 Å². The molecule has 5 heteroatoms. The van der Waals surface area contributed by atoms with E-state index >= 15 is 0 Å². The van der Waals surface area contributed by atoms with Gasteiger partial charge in [0.1, 0.15) is 23.2 Å². The van der Waals surface area contributed by atoms with Gasteiger partial charge < -0.3 is 9.64 Å². The van der Waals surface area contributed by atoms with Gasteiger partial charge in [0.15, 0.2) is 6.61 Å². The number of rotatable bonds is 3. The van der Waals surface area contributed by atoms with Gasteiger partial charge in [0, 0.05) is 13.1 Å². The topological polar surface area (TPSA) is 53.3 Å². The molecule has 0 aliphatic carbocycles. The summed E-state index contributed by atoms with van der Waals surface area (Å²) in [4.78, 5) is 13.6. The molecule has 1 heterocycles. The van der Waals surface area contributed by atoms with Crippen LogP contribution in [0.15, 0.2) is 18.2 Å². The second-order valence-electron chi connectivity index (χ2n) is 4.45. The molecule has 0 bridgehead atoms. The number of amides is 1. The molecule has 0 aromatic heterocycles. The molecule has 100 valence electrons. The number of halogens is 1. The Morgan fingerprint density at radius 3 is 2.79 bits per heavy atom. The summed E-state index contributed by atoms with van der Waals surface area (Å²) in [6.07, 6.45) is 3.16. The van der Waals surface area contributed by atoms with Gasteiger partial charge in [0.25, 0.3) is 5.91 Å². The largest absolute Gasteiger partial charge is 0.482 e. The summed E-state index contributed by atoms with van der Waals surface area (Å²) in [5, 5.41) is 8.85. The second-order valence-corrected chi connectivity index (χ2v) is 4.45. The average molecular weight is 262 g/mol. The van der Waals surface area contributed by atoms with Crippen LogP contribution in [0.1, 0.15) is 24.8 Å². The molecule has 4 nitrogen and oxygen atoms in total. The number of carbonyl (C=O) groups excluding carboxylic acids is 1. The zero-order valence-electron chi connectivity index (χ0n) is 10.6.